The number of ether oxygens (including phenoxy) is 2. The number of aromatic nitrogens is 1. The number of aliphatic hydroxyl groups is 1. The van der Waals surface area contributed by atoms with E-state index in [4.69, 9.17) is 26.5 Å². The molecule has 1 aliphatic heterocycles. The standard InChI is InChI=1S/C40H45ClN6O5/c1-27-30(8-6-9-32(27)33-10-7-11-36(34(33)20-43)45-12-2-3-13-47-14-4-5-15-47)26-52-39-18-38(51-25-29-16-28(19-42)21-44-22-29)31(17-35(39)41)23-46-37(24-48)40(49)50/h6-11,16-18,20-22,37,43,45-46,48H,2-5,12-15,23-26H2,1H3,(H,49,50). The van der Waals surface area contributed by atoms with E-state index in [1.807, 2.05) is 37.3 Å². The van der Waals surface area contributed by atoms with Gasteiger partial charge in [0, 0.05) is 60.1 Å². The topological polar surface area (TPSA) is 164 Å². The number of hydrogen-bond donors (Lipinski definition) is 5. The maximum atomic E-state index is 11.5. The van der Waals surface area contributed by atoms with E-state index >= 15 is 0 Å². The van der Waals surface area contributed by atoms with Gasteiger partial charge in [0.2, 0.25) is 0 Å². The Morgan fingerprint density at radius 3 is 2.58 bits per heavy atom. The summed E-state index contributed by atoms with van der Waals surface area (Å²) in [6, 6.07) is 17.9. The molecule has 1 fully saturated rings. The van der Waals surface area contributed by atoms with E-state index in [1.165, 1.54) is 38.3 Å². The average molecular weight is 725 g/mol. The Hall–Kier alpha value is -4.99. The van der Waals surface area contributed by atoms with Crippen molar-refractivity contribution in [1.29, 1.82) is 10.7 Å². The molecule has 2 heterocycles. The van der Waals surface area contributed by atoms with Crippen LogP contribution in [-0.2, 0) is 24.6 Å². The normalized spacial score (nSPS) is 13.3. The van der Waals surface area contributed by atoms with Crippen molar-refractivity contribution in [2.45, 2.75) is 58.4 Å². The number of rotatable bonds is 19. The summed E-state index contributed by atoms with van der Waals surface area (Å²) in [5, 5.41) is 43.1. The summed E-state index contributed by atoms with van der Waals surface area (Å²) in [6.07, 6.45) is 9.29. The molecular weight excluding hydrogens is 680 g/mol. The van der Waals surface area contributed by atoms with Crippen LogP contribution in [0.2, 0.25) is 5.02 Å². The van der Waals surface area contributed by atoms with Gasteiger partial charge in [0.05, 0.1) is 17.2 Å². The van der Waals surface area contributed by atoms with Gasteiger partial charge in [0.25, 0.3) is 0 Å². The number of pyridine rings is 1. The van der Waals surface area contributed by atoms with Crippen LogP contribution in [0.1, 0.15) is 59.1 Å². The zero-order valence-electron chi connectivity index (χ0n) is 29.3. The zero-order valence-corrected chi connectivity index (χ0v) is 30.1. The van der Waals surface area contributed by atoms with Gasteiger partial charge >= 0.3 is 5.97 Å². The van der Waals surface area contributed by atoms with Gasteiger partial charge in [-0.1, -0.05) is 41.9 Å². The number of benzene rings is 3. The molecule has 52 heavy (non-hydrogen) atoms. The molecule has 272 valence electrons. The van der Waals surface area contributed by atoms with E-state index in [9.17, 15) is 20.3 Å². The number of carboxylic acids is 1. The molecule has 1 aromatic heterocycles. The Balaban J connectivity index is 1.32. The van der Waals surface area contributed by atoms with Gasteiger partial charge in [-0.15, -0.1) is 0 Å². The van der Waals surface area contributed by atoms with E-state index < -0.39 is 18.6 Å². The molecule has 0 radical (unpaired) electrons. The number of nitrogens with zero attached hydrogens (tertiary/aromatic N) is 3. The van der Waals surface area contributed by atoms with Gasteiger partial charge < -0.3 is 35.3 Å². The second kappa shape index (κ2) is 19.0. The molecule has 0 spiro atoms. The largest absolute Gasteiger partial charge is 0.488 e. The highest BCUT2D eigenvalue weighted by Gasteiger charge is 2.19. The lowest BCUT2D eigenvalue weighted by atomic mass is 9.92. The lowest BCUT2D eigenvalue weighted by Crippen LogP contribution is -2.39. The van der Waals surface area contributed by atoms with Crippen LogP contribution < -0.4 is 20.1 Å². The molecule has 0 bridgehead atoms. The number of nitriles is 1. The van der Waals surface area contributed by atoms with Crippen molar-refractivity contribution in [3.63, 3.8) is 0 Å². The summed E-state index contributed by atoms with van der Waals surface area (Å²) in [7, 11) is 0. The molecule has 12 heteroatoms. The van der Waals surface area contributed by atoms with Crippen molar-refractivity contribution in [3.05, 3.63) is 105 Å². The lowest BCUT2D eigenvalue weighted by molar-refractivity contribution is -0.140. The fourth-order valence-electron chi connectivity index (χ4n) is 6.30. The van der Waals surface area contributed by atoms with Crippen LogP contribution in [0.15, 0.2) is 67.0 Å². The Bertz CT molecular complexity index is 1890. The summed E-state index contributed by atoms with van der Waals surface area (Å²) in [6.45, 7) is 6.19. The number of hydrogen-bond acceptors (Lipinski definition) is 10. The van der Waals surface area contributed by atoms with Crippen molar-refractivity contribution < 1.29 is 24.5 Å². The van der Waals surface area contributed by atoms with Gasteiger partial charge in [-0.3, -0.25) is 15.1 Å². The van der Waals surface area contributed by atoms with Crippen molar-refractivity contribution in [1.82, 2.24) is 15.2 Å². The van der Waals surface area contributed by atoms with Crippen LogP contribution >= 0.6 is 11.6 Å². The van der Waals surface area contributed by atoms with Crippen LogP contribution in [0.4, 0.5) is 5.69 Å². The third-order valence-corrected chi connectivity index (χ3v) is 9.53. The molecule has 3 aromatic carbocycles. The fraction of sp³-hybridized carbons (Fsp3) is 0.350. The highest BCUT2D eigenvalue weighted by Crippen LogP contribution is 2.36. The van der Waals surface area contributed by atoms with Crippen molar-refractivity contribution in [3.8, 4) is 28.7 Å². The highest BCUT2D eigenvalue weighted by atomic mass is 35.5. The predicted molar refractivity (Wildman–Crippen MR) is 202 cm³/mol. The summed E-state index contributed by atoms with van der Waals surface area (Å²) >= 11 is 6.70. The van der Waals surface area contributed by atoms with Crippen LogP contribution in [0.5, 0.6) is 11.5 Å². The number of carbonyl (C=O) groups is 1. The lowest BCUT2D eigenvalue weighted by Gasteiger charge is -2.19. The van der Waals surface area contributed by atoms with Gasteiger partial charge in [-0.05, 0) is 92.7 Å². The molecule has 1 aliphatic rings. The Morgan fingerprint density at radius 2 is 1.83 bits per heavy atom. The van der Waals surface area contributed by atoms with Crippen LogP contribution in [-0.4, -0.2) is 71.1 Å². The maximum absolute atomic E-state index is 11.5. The van der Waals surface area contributed by atoms with E-state index in [1.54, 1.807) is 24.4 Å². The van der Waals surface area contributed by atoms with Crippen LogP contribution in [0, 0.1) is 23.7 Å². The fourth-order valence-corrected chi connectivity index (χ4v) is 6.54. The van der Waals surface area contributed by atoms with Gasteiger partial charge in [0.15, 0.2) is 0 Å². The summed E-state index contributed by atoms with van der Waals surface area (Å²) < 4.78 is 12.4. The number of likely N-dealkylation sites (tertiary alicyclic amines) is 1. The number of aliphatic carboxylic acids is 1. The van der Waals surface area contributed by atoms with E-state index in [2.05, 4.69) is 32.7 Å². The number of carboxylic acid groups (broad SMARTS) is 1. The molecule has 11 nitrogen and oxygen atoms in total. The number of anilines is 1. The number of nitrogens with one attached hydrogen (secondary N) is 3. The molecule has 1 atom stereocenters. The smallest absolute Gasteiger partial charge is 0.323 e. The van der Waals surface area contributed by atoms with Crippen LogP contribution in [0.25, 0.3) is 11.1 Å². The Morgan fingerprint density at radius 1 is 1.06 bits per heavy atom. The summed E-state index contributed by atoms with van der Waals surface area (Å²) in [5.41, 5.74) is 7.29. The molecule has 0 saturated carbocycles. The zero-order chi connectivity index (χ0) is 36.9. The van der Waals surface area contributed by atoms with E-state index in [0.717, 1.165) is 59.4 Å². The predicted octanol–water partition coefficient (Wildman–Crippen LogP) is 6.56. The minimum Gasteiger partial charge on any atom is -0.488 e. The van der Waals surface area contributed by atoms with Gasteiger partial charge in [-0.25, -0.2) is 0 Å². The van der Waals surface area contributed by atoms with Crippen molar-refractivity contribution in [2.24, 2.45) is 0 Å². The molecule has 5 N–H and O–H groups in total. The summed E-state index contributed by atoms with van der Waals surface area (Å²) in [5.74, 6) is -0.438. The van der Waals surface area contributed by atoms with Gasteiger partial charge in [0.1, 0.15) is 36.8 Å². The second-order valence-electron chi connectivity index (χ2n) is 12.8. The number of halogens is 1. The second-order valence-corrected chi connectivity index (χ2v) is 13.2. The minimum absolute atomic E-state index is 0.0480. The molecule has 5 rings (SSSR count). The van der Waals surface area contributed by atoms with Crippen molar-refractivity contribution >= 4 is 29.5 Å². The molecular formula is C40H45ClN6O5. The first-order valence-electron chi connectivity index (χ1n) is 17.5. The summed E-state index contributed by atoms with van der Waals surface area (Å²) in [4.78, 5) is 18.1. The maximum Gasteiger partial charge on any atom is 0.323 e. The molecule has 1 unspecified atom stereocenters. The first-order chi connectivity index (χ1) is 25.3. The first kappa shape index (κ1) is 38.2. The molecule has 1 saturated heterocycles. The van der Waals surface area contributed by atoms with E-state index in [0.29, 0.717) is 33.2 Å². The van der Waals surface area contributed by atoms with Crippen molar-refractivity contribution in [2.75, 3.05) is 38.1 Å². The third-order valence-electron chi connectivity index (χ3n) is 9.24. The van der Waals surface area contributed by atoms with Gasteiger partial charge in [-0.2, -0.15) is 5.26 Å². The molecule has 0 aliphatic carbocycles. The van der Waals surface area contributed by atoms with E-state index in [-0.39, 0.29) is 19.8 Å². The highest BCUT2D eigenvalue weighted by molar-refractivity contribution is 6.32. The minimum atomic E-state index is -1.19. The average Bonchev–Trinajstić information content (AvgIpc) is 3.68. The monoisotopic (exact) mass is 724 g/mol. The number of aliphatic hydroxyl groups excluding tert-OH is 1. The quantitative estimate of drug-likeness (QED) is 0.0529. The van der Waals surface area contributed by atoms with Crippen LogP contribution in [0.3, 0.4) is 0 Å². The Labute approximate surface area is 309 Å². The molecule has 0 amide bonds. The number of unbranched alkanes of at least 4 members (excludes halogenated alkanes) is 1. The molecule has 4 aromatic rings. The first-order valence-corrected chi connectivity index (χ1v) is 17.9. The third kappa shape index (κ3) is 10.1. The Kier molecular flexibility index (Phi) is 14.0. The SMILES string of the molecule is Cc1c(COc2cc(OCc3cncc(C#N)c3)c(CNC(CO)C(=O)O)cc2Cl)cccc1-c1cccc(NCCCCN2CCCC2)c1C=N.